The van der Waals surface area contributed by atoms with Gasteiger partial charge in [-0.15, -0.1) is 11.3 Å². The van der Waals surface area contributed by atoms with E-state index in [1.807, 2.05) is 11.3 Å². The van der Waals surface area contributed by atoms with Gasteiger partial charge in [0.2, 0.25) is 0 Å². The number of rotatable bonds is 6. The summed E-state index contributed by atoms with van der Waals surface area (Å²) in [5, 5.41) is 8.97. The molecule has 1 aromatic heterocycles. The van der Waals surface area contributed by atoms with Crippen molar-refractivity contribution in [3.63, 3.8) is 0 Å². The fraction of sp³-hybridized carbons (Fsp3) is 0.688. The fourth-order valence-electron chi connectivity index (χ4n) is 2.45. The van der Waals surface area contributed by atoms with Gasteiger partial charge >= 0.3 is 0 Å². The number of thiophene rings is 1. The summed E-state index contributed by atoms with van der Waals surface area (Å²) in [7, 11) is 0. The maximum absolute atomic E-state index is 4.60. The van der Waals surface area contributed by atoms with Crippen LogP contribution in [0.25, 0.3) is 0 Å². The largest absolute Gasteiger partial charge is 0.357 e. The van der Waals surface area contributed by atoms with Gasteiger partial charge in [-0.25, -0.2) is 0 Å². The predicted octanol–water partition coefficient (Wildman–Crippen LogP) is 2.32. The molecule has 1 aromatic rings. The molecular weight excluding hydrogens is 280 g/mol. The van der Waals surface area contributed by atoms with Crippen LogP contribution in [-0.2, 0) is 13.0 Å². The molecule has 0 amide bonds. The van der Waals surface area contributed by atoms with Crippen LogP contribution < -0.4 is 10.6 Å². The molecule has 5 heteroatoms. The molecular formula is C16H28N4S. The van der Waals surface area contributed by atoms with Crippen molar-refractivity contribution in [1.29, 1.82) is 0 Å². The second-order valence-corrected chi connectivity index (χ2v) is 6.94. The minimum absolute atomic E-state index is 0.597. The summed E-state index contributed by atoms with van der Waals surface area (Å²) in [6, 6.07) is 2.27. The average Bonchev–Trinajstić information content (AvgIpc) is 2.92. The lowest BCUT2D eigenvalue weighted by atomic mass is 10.1. The highest BCUT2D eigenvalue weighted by Crippen LogP contribution is 2.23. The van der Waals surface area contributed by atoms with E-state index in [2.05, 4.69) is 52.7 Å². The van der Waals surface area contributed by atoms with Crippen molar-refractivity contribution < 1.29 is 0 Å². The standard InChI is InChI=1S/C16H28N4S/c1-4-17-16(19-11-13(2)3)18-7-9-20-8-5-15-14(12-20)6-10-21-15/h6,10,13H,4-5,7-9,11-12H2,1-3H3,(H2,17,18,19). The summed E-state index contributed by atoms with van der Waals surface area (Å²) in [6.07, 6.45) is 1.20. The van der Waals surface area contributed by atoms with Crippen molar-refractivity contribution >= 4 is 17.3 Å². The molecule has 0 spiro atoms. The van der Waals surface area contributed by atoms with Crippen LogP contribution in [0.15, 0.2) is 16.4 Å². The lowest BCUT2D eigenvalue weighted by Crippen LogP contribution is -2.42. The molecule has 0 aliphatic carbocycles. The Morgan fingerprint density at radius 3 is 3.05 bits per heavy atom. The number of hydrogen-bond acceptors (Lipinski definition) is 3. The van der Waals surface area contributed by atoms with Gasteiger partial charge in [0.15, 0.2) is 5.96 Å². The normalized spacial score (nSPS) is 16.1. The highest BCUT2D eigenvalue weighted by Gasteiger charge is 2.16. The summed E-state index contributed by atoms with van der Waals surface area (Å²) >= 11 is 1.90. The van der Waals surface area contributed by atoms with Crippen molar-refractivity contribution in [2.75, 3.05) is 32.7 Å². The number of fused-ring (bicyclic) bond motifs is 1. The molecule has 21 heavy (non-hydrogen) atoms. The minimum Gasteiger partial charge on any atom is -0.357 e. The topological polar surface area (TPSA) is 39.7 Å². The van der Waals surface area contributed by atoms with Crippen molar-refractivity contribution in [3.05, 3.63) is 21.9 Å². The van der Waals surface area contributed by atoms with Gasteiger partial charge in [-0.2, -0.15) is 0 Å². The molecule has 0 fully saturated rings. The van der Waals surface area contributed by atoms with Crippen molar-refractivity contribution in [2.45, 2.75) is 33.7 Å². The Hall–Kier alpha value is -1.07. The average molecular weight is 308 g/mol. The van der Waals surface area contributed by atoms with Crippen LogP contribution in [0.2, 0.25) is 0 Å². The fourth-order valence-corrected chi connectivity index (χ4v) is 3.34. The smallest absolute Gasteiger partial charge is 0.191 e. The van der Waals surface area contributed by atoms with Crippen molar-refractivity contribution in [3.8, 4) is 0 Å². The third-order valence-electron chi connectivity index (χ3n) is 3.57. The third-order valence-corrected chi connectivity index (χ3v) is 4.59. The summed E-state index contributed by atoms with van der Waals surface area (Å²) in [4.78, 5) is 8.70. The maximum atomic E-state index is 4.60. The Bertz CT molecular complexity index is 453. The third kappa shape index (κ3) is 5.32. The van der Waals surface area contributed by atoms with E-state index in [-0.39, 0.29) is 0 Å². The summed E-state index contributed by atoms with van der Waals surface area (Å²) < 4.78 is 0. The summed E-state index contributed by atoms with van der Waals surface area (Å²) in [6.45, 7) is 12.6. The van der Waals surface area contributed by atoms with Gasteiger partial charge in [-0.05, 0) is 36.3 Å². The van der Waals surface area contributed by atoms with E-state index >= 15 is 0 Å². The molecule has 0 bridgehead atoms. The van der Waals surface area contributed by atoms with Gasteiger partial charge in [-0.1, -0.05) is 13.8 Å². The highest BCUT2D eigenvalue weighted by atomic mass is 32.1. The SMILES string of the molecule is CCNC(=NCC(C)C)NCCN1CCc2sccc2C1. The van der Waals surface area contributed by atoms with E-state index in [9.17, 15) is 0 Å². The number of guanidine groups is 1. The Morgan fingerprint density at radius 1 is 1.43 bits per heavy atom. The Balaban J connectivity index is 1.74. The van der Waals surface area contributed by atoms with E-state index in [0.29, 0.717) is 5.92 Å². The molecule has 0 unspecified atom stereocenters. The Labute approximate surface area is 132 Å². The van der Waals surface area contributed by atoms with E-state index in [1.54, 1.807) is 4.88 Å². The molecule has 0 aromatic carbocycles. The first-order valence-corrected chi connectivity index (χ1v) is 8.86. The first kappa shape index (κ1) is 16.3. The molecule has 1 aliphatic heterocycles. The first-order chi connectivity index (χ1) is 10.2. The van der Waals surface area contributed by atoms with Crippen LogP contribution in [0.1, 0.15) is 31.2 Å². The monoisotopic (exact) mass is 308 g/mol. The highest BCUT2D eigenvalue weighted by molar-refractivity contribution is 7.10. The second-order valence-electron chi connectivity index (χ2n) is 5.94. The molecule has 2 heterocycles. The van der Waals surface area contributed by atoms with Crippen LogP contribution in [0.5, 0.6) is 0 Å². The molecule has 2 rings (SSSR count). The minimum atomic E-state index is 0.597. The zero-order valence-electron chi connectivity index (χ0n) is 13.5. The molecule has 1 aliphatic rings. The number of nitrogens with one attached hydrogen (secondary N) is 2. The van der Waals surface area contributed by atoms with E-state index < -0.39 is 0 Å². The first-order valence-electron chi connectivity index (χ1n) is 7.98. The van der Waals surface area contributed by atoms with Gasteiger partial charge in [0.25, 0.3) is 0 Å². The van der Waals surface area contributed by atoms with Gasteiger partial charge in [0.1, 0.15) is 0 Å². The molecule has 0 saturated carbocycles. The maximum Gasteiger partial charge on any atom is 0.191 e. The van der Waals surface area contributed by atoms with Crippen molar-refractivity contribution in [2.24, 2.45) is 10.9 Å². The number of hydrogen-bond donors (Lipinski definition) is 2. The van der Waals surface area contributed by atoms with Crippen LogP contribution in [0, 0.1) is 5.92 Å². The molecule has 118 valence electrons. The van der Waals surface area contributed by atoms with Gasteiger partial charge < -0.3 is 10.6 Å². The number of nitrogens with zero attached hydrogens (tertiary/aromatic N) is 2. The lowest BCUT2D eigenvalue weighted by molar-refractivity contribution is 0.260. The van der Waals surface area contributed by atoms with Crippen LogP contribution in [-0.4, -0.2) is 43.6 Å². The van der Waals surface area contributed by atoms with Gasteiger partial charge in [-0.3, -0.25) is 9.89 Å². The molecule has 0 saturated heterocycles. The summed E-state index contributed by atoms with van der Waals surface area (Å²) in [5.41, 5.74) is 1.52. The van der Waals surface area contributed by atoms with Crippen LogP contribution in [0.3, 0.4) is 0 Å². The lowest BCUT2D eigenvalue weighted by Gasteiger charge is -2.27. The van der Waals surface area contributed by atoms with Gasteiger partial charge in [0.05, 0.1) is 0 Å². The molecule has 0 atom stereocenters. The second kappa shape index (κ2) is 8.39. The Kier molecular flexibility index (Phi) is 6.51. The van der Waals surface area contributed by atoms with E-state index in [1.165, 1.54) is 18.5 Å². The molecule has 4 nitrogen and oxygen atoms in total. The summed E-state index contributed by atoms with van der Waals surface area (Å²) in [5.74, 6) is 1.54. The van der Waals surface area contributed by atoms with E-state index in [4.69, 9.17) is 0 Å². The molecule has 0 radical (unpaired) electrons. The predicted molar refractivity (Wildman–Crippen MR) is 92.1 cm³/mol. The Morgan fingerprint density at radius 2 is 2.29 bits per heavy atom. The van der Waals surface area contributed by atoms with Crippen molar-refractivity contribution in [1.82, 2.24) is 15.5 Å². The zero-order valence-corrected chi connectivity index (χ0v) is 14.3. The van der Waals surface area contributed by atoms with Gasteiger partial charge in [0, 0.05) is 44.1 Å². The number of aliphatic imine (C=N–C) groups is 1. The van der Waals surface area contributed by atoms with E-state index in [0.717, 1.165) is 38.7 Å². The molecule has 2 N–H and O–H groups in total. The van der Waals surface area contributed by atoms with Crippen LogP contribution >= 0.6 is 11.3 Å². The zero-order chi connectivity index (χ0) is 15.1. The van der Waals surface area contributed by atoms with Crippen LogP contribution in [0.4, 0.5) is 0 Å². The quantitative estimate of drug-likeness (QED) is 0.626.